The molecule has 1 aliphatic rings. The molecule has 0 aromatic rings. The summed E-state index contributed by atoms with van der Waals surface area (Å²) in [6.45, 7) is 8.36. The molecular formula is C13H28N2. The van der Waals surface area contributed by atoms with E-state index in [2.05, 4.69) is 31.1 Å². The normalized spacial score (nSPS) is 22.6. The second-order valence-corrected chi connectivity index (χ2v) is 4.95. The van der Waals surface area contributed by atoms with Gasteiger partial charge in [-0.05, 0) is 64.7 Å². The average molecular weight is 212 g/mol. The van der Waals surface area contributed by atoms with Gasteiger partial charge in [-0.1, -0.05) is 13.8 Å². The summed E-state index contributed by atoms with van der Waals surface area (Å²) in [4.78, 5) is 2.55. The first kappa shape index (κ1) is 13.0. The number of piperidine rings is 1. The number of hydrogen-bond acceptors (Lipinski definition) is 2. The van der Waals surface area contributed by atoms with Crippen LogP contribution in [0.3, 0.4) is 0 Å². The van der Waals surface area contributed by atoms with E-state index >= 15 is 0 Å². The summed E-state index contributed by atoms with van der Waals surface area (Å²) >= 11 is 0. The standard InChI is InChI=1S/C13H28N2/c1-4-13(5-2)15(3)10-8-12-7-6-9-14-11-12/h12-14H,4-11H2,1-3H3. The molecule has 2 nitrogen and oxygen atoms in total. The van der Waals surface area contributed by atoms with Gasteiger partial charge in [-0.2, -0.15) is 0 Å². The van der Waals surface area contributed by atoms with Crippen molar-refractivity contribution in [3.63, 3.8) is 0 Å². The van der Waals surface area contributed by atoms with Crippen molar-refractivity contribution in [2.75, 3.05) is 26.7 Å². The molecule has 1 heterocycles. The largest absolute Gasteiger partial charge is 0.316 e. The van der Waals surface area contributed by atoms with Crippen molar-refractivity contribution in [3.8, 4) is 0 Å². The summed E-state index contributed by atoms with van der Waals surface area (Å²) in [6.07, 6.45) is 6.76. The SMILES string of the molecule is CCC(CC)N(C)CCC1CCCNC1. The molecule has 0 saturated carbocycles. The maximum absolute atomic E-state index is 3.50. The average Bonchev–Trinajstić information content (AvgIpc) is 2.29. The summed E-state index contributed by atoms with van der Waals surface area (Å²) in [6, 6.07) is 0.793. The predicted molar refractivity (Wildman–Crippen MR) is 67.2 cm³/mol. The van der Waals surface area contributed by atoms with Crippen LogP contribution < -0.4 is 5.32 Å². The summed E-state index contributed by atoms with van der Waals surface area (Å²) in [7, 11) is 2.29. The molecule has 0 aromatic carbocycles. The lowest BCUT2D eigenvalue weighted by molar-refractivity contribution is 0.205. The van der Waals surface area contributed by atoms with Crippen molar-refractivity contribution in [1.82, 2.24) is 10.2 Å². The molecule has 90 valence electrons. The van der Waals surface area contributed by atoms with Gasteiger partial charge in [0.25, 0.3) is 0 Å². The Morgan fingerprint density at radius 3 is 2.60 bits per heavy atom. The topological polar surface area (TPSA) is 15.3 Å². The highest BCUT2D eigenvalue weighted by molar-refractivity contribution is 4.72. The van der Waals surface area contributed by atoms with Gasteiger partial charge < -0.3 is 10.2 Å². The molecule has 1 unspecified atom stereocenters. The quantitative estimate of drug-likeness (QED) is 0.728. The van der Waals surface area contributed by atoms with Crippen LogP contribution in [0.2, 0.25) is 0 Å². The number of rotatable bonds is 6. The maximum Gasteiger partial charge on any atom is 0.00869 e. The first-order valence-electron chi connectivity index (χ1n) is 6.68. The second-order valence-electron chi connectivity index (χ2n) is 4.95. The van der Waals surface area contributed by atoms with Crippen molar-refractivity contribution in [2.24, 2.45) is 5.92 Å². The van der Waals surface area contributed by atoms with Crippen molar-refractivity contribution in [3.05, 3.63) is 0 Å². The van der Waals surface area contributed by atoms with Crippen LogP contribution in [-0.4, -0.2) is 37.6 Å². The third-order valence-electron chi connectivity index (χ3n) is 3.85. The van der Waals surface area contributed by atoms with Crippen LogP contribution in [0.1, 0.15) is 46.0 Å². The molecule has 0 bridgehead atoms. The van der Waals surface area contributed by atoms with E-state index in [1.807, 2.05) is 0 Å². The molecule has 0 amide bonds. The predicted octanol–water partition coefficient (Wildman–Crippen LogP) is 2.50. The van der Waals surface area contributed by atoms with Crippen LogP contribution >= 0.6 is 0 Å². The minimum Gasteiger partial charge on any atom is -0.316 e. The molecule has 1 rings (SSSR count). The Morgan fingerprint density at radius 2 is 2.07 bits per heavy atom. The fourth-order valence-electron chi connectivity index (χ4n) is 2.65. The van der Waals surface area contributed by atoms with E-state index in [4.69, 9.17) is 0 Å². The smallest absolute Gasteiger partial charge is 0.00869 e. The van der Waals surface area contributed by atoms with Crippen molar-refractivity contribution >= 4 is 0 Å². The van der Waals surface area contributed by atoms with E-state index in [1.54, 1.807) is 0 Å². The third-order valence-corrected chi connectivity index (χ3v) is 3.85. The van der Waals surface area contributed by atoms with E-state index in [-0.39, 0.29) is 0 Å². The van der Waals surface area contributed by atoms with Gasteiger partial charge in [0.1, 0.15) is 0 Å². The fraction of sp³-hybridized carbons (Fsp3) is 1.00. The molecule has 2 heteroatoms. The lowest BCUT2D eigenvalue weighted by Gasteiger charge is -2.29. The van der Waals surface area contributed by atoms with Crippen LogP contribution in [0.5, 0.6) is 0 Å². The molecule has 15 heavy (non-hydrogen) atoms. The van der Waals surface area contributed by atoms with Crippen molar-refractivity contribution in [2.45, 2.75) is 52.0 Å². The van der Waals surface area contributed by atoms with Crippen LogP contribution in [0.4, 0.5) is 0 Å². The van der Waals surface area contributed by atoms with E-state index in [0.717, 1.165) is 12.0 Å². The Hall–Kier alpha value is -0.0800. The molecule has 0 aromatic heterocycles. The lowest BCUT2D eigenvalue weighted by atomic mass is 9.95. The molecule has 0 radical (unpaired) electrons. The Kier molecular flexibility index (Phi) is 6.26. The molecule has 1 saturated heterocycles. The van der Waals surface area contributed by atoms with E-state index in [0.29, 0.717) is 0 Å². The first-order chi connectivity index (χ1) is 7.27. The van der Waals surface area contributed by atoms with Crippen molar-refractivity contribution < 1.29 is 0 Å². The zero-order valence-corrected chi connectivity index (χ0v) is 10.8. The molecule has 0 aliphatic carbocycles. The maximum atomic E-state index is 3.50. The van der Waals surface area contributed by atoms with Crippen LogP contribution in [0, 0.1) is 5.92 Å². The minimum absolute atomic E-state index is 0.793. The Morgan fingerprint density at radius 1 is 1.33 bits per heavy atom. The Bertz CT molecular complexity index is 149. The van der Waals surface area contributed by atoms with Gasteiger partial charge in [-0.15, -0.1) is 0 Å². The van der Waals surface area contributed by atoms with Gasteiger partial charge in [0, 0.05) is 6.04 Å². The van der Waals surface area contributed by atoms with Gasteiger partial charge in [0.05, 0.1) is 0 Å². The lowest BCUT2D eigenvalue weighted by Crippen LogP contribution is -2.35. The van der Waals surface area contributed by atoms with Gasteiger partial charge >= 0.3 is 0 Å². The van der Waals surface area contributed by atoms with E-state index in [1.165, 1.54) is 51.7 Å². The summed E-state index contributed by atoms with van der Waals surface area (Å²) < 4.78 is 0. The third kappa shape index (κ3) is 4.52. The molecule has 1 atom stereocenters. The van der Waals surface area contributed by atoms with Crippen LogP contribution in [-0.2, 0) is 0 Å². The highest BCUT2D eigenvalue weighted by atomic mass is 15.1. The highest BCUT2D eigenvalue weighted by Gasteiger charge is 2.15. The monoisotopic (exact) mass is 212 g/mol. The molecule has 1 N–H and O–H groups in total. The zero-order chi connectivity index (χ0) is 11.1. The van der Waals surface area contributed by atoms with Crippen LogP contribution in [0.25, 0.3) is 0 Å². The van der Waals surface area contributed by atoms with E-state index < -0.39 is 0 Å². The molecule has 1 fully saturated rings. The fourth-order valence-corrected chi connectivity index (χ4v) is 2.65. The van der Waals surface area contributed by atoms with Gasteiger partial charge in [-0.3, -0.25) is 0 Å². The number of nitrogens with zero attached hydrogens (tertiary/aromatic N) is 1. The Balaban J connectivity index is 2.16. The zero-order valence-electron chi connectivity index (χ0n) is 10.8. The van der Waals surface area contributed by atoms with Gasteiger partial charge in [0.15, 0.2) is 0 Å². The van der Waals surface area contributed by atoms with Gasteiger partial charge in [-0.25, -0.2) is 0 Å². The summed E-state index contributed by atoms with van der Waals surface area (Å²) in [5.74, 6) is 0.926. The summed E-state index contributed by atoms with van der Waals surface area (Å²) in [5.41, 5.74) is 0. The van der Waals surface area contributed by atoms with Crippen LogP contribution in [0.15, 0.2) is 0 Å². The minimum atomic E-state index is 0.793. The second kappa shape index (κ2) is 7.24. The summed E-state index contributed by atoms with van der Waals surface area (Å²) in [5, 5.41) is 3.50. The number of nitrogens with one attached hydrogen (secondary N) is 1. The first-order valence-corrected chi connectivity index (χ1v) is 6.68. The van der Waals surface area contributed by atoms with Gasteiger partial charge in [0.2, 0.25) is 0 Å². The van der Waals surface area contributed by atoms with E-state index in [9.17, 15) is 0 Å². The number of hydrogen-bond donors (Lipinski definition) is 1. The molecule has 0 spiro atoms. The highest BCUT2D eigenvalue weighted by Crippen LogP contribution is 2.15. The molecular weight excluding hydrogens is 184 g/mol. The molecule has 1 aliphatic heterocycles. The Labute approximate surface area is 95.4 Å². The van der Waals surface area contributed by atoms with Crippen molar-refractivity contribution in [1.29, 1.82) is 0 Å².